The summed E-state index contributed by atoms with van der Waals surface area (Å²) in [4.78, 5) is 27.4. The number of hydrogen-bond acceptors (Lipinski definition) is 4. The van der Waals surface area contributed by atoms with E-state index in [1.165, 1.54) is 0 Å². The van der Waals surface area contributed by atoms with Crippen LogP contribution in [0.3, 0.4) is 0 Å². The van der Waals surface area contributed by atoms with Crippen molar-refractivity contribution in [2.24, 2.45) is 0 Å². The van der Waals surface area contributed by atoms with Crippen molar-refractivity contribution in [1.82, 2.24) is 15.6 Å². The van der Waals surface area contributed by atoms with Gasteiger partial charge in [0.2, 0.25) is 17.7 Å². The molecule has 0 saturated carbocycles. The van der Waals surface area contributed by atoms with E-state index in [1.54, 1.807) is 12.3 Å². The Kier molecular flexibility index (Phi) is 7.43. The molecule has 6 heteroatoms. The molecule has 25 heavy (non-hydrogen) atoms. The Labute approximate surface area is 147 Å². The van der Waals surface area contributed by atoms with Gasteiger partial charge in [-0.05, 0) is 24.1 Å². The van der Waals surface area contributed by atoms with Crippen LogP contribution < -0.4 is 15.4 Å². The summed E-state index contributed by atoms with van der Waals surface area (Å²) in [6.07, 6.45) is 2.92. The lowest BCUT2D eigenvalue weighted by atomic mass is 10.2. The van der Waals surface area contributed by atoms with Crippen LogP contribution in [0, 0.1) is 0 Å². The van der Waals surface area contributed by atoms with E-state index in [0.717, 1.165) is 17.7 Å². The molecule has 2 aromatic rings. The third-order valence-electron chi connectivity index (χ3n) is 3.40. The highest BCUT2D eigenvalue weighted by molar-refractivity contribution is 5.83. The Balaban J connectivity index is 1.72. The van der Waals surface area contributed by atoms with Crippen molar-refractivity contribution in [2.45, 2.75) is 32.7 Å². The van der Waals surface area contributed by atoms with Gasteiger partial charge in [-0.2, -0.15) is 0 Å². The Bertz CT molecular complexity index is 672. The van der Waals surface area contributed by atoms with Crippen LogP contribution in [0.4, 0.5) is 0 Å². The van der Waals surface area contributed by atoms with Crippen molar-refractivity contribution in [1.29, 1.82) is 0 Å². The topological polar surface area (TPSA) is 80.3 Å². The summed E-state index contributed by atoms with van der Waals surface area (Å²) in [5.74, 6) is 0.962. The average molecular weight is 341 g/mol. The van der Waals surface area contributed by atoms with E-state index in [-0.39, 0.29) is 24.7 Å². The maximum absolute atomic E-state index is 11.8. The molecule has 2 N–H and O–H groups in total. The number of benzene rings is 1. The highest BCUT2D eigenvalue weighted by Crippen LogP contribution is 2.18. The summed E-state index contributed by atoms with van der Waals surface area (Å²) in [5, 5.41) is 5.52. The molecule has 0 aliphatic heterocycles. The van der Waals surface area contributed by atoms with Gasteiger partial charge >= 0.3 is 0 Å². The van der Waals surface area contributed by atoms with E-state index in [1.807, 2.05) is 43.3 Å². The number of hydrogen-bond donors (Lipinski definition) is 2. The Morgan fingerprint density at radius 1 is 1.00 bits per heavy atom. The number of ether oxygens (including phenoxy) is 1. The standard InChI is InChI=1S/C19H23N3O3/c1-2-12-20-17(23)9-10-18(24)21-13-15-8-11-19(22-14-15)25-16-6-4-3-5-7-16/h3-8,11,14H,2,9-10,12-13H2,1H3,(H,20,23)(H,21,24). The van der Waals surface area contributed by atoms with Gasteiger partial charge in [-0.1, -0.05) is 31.2 Å². The van der Waals surface area contributed by atoms with E-state index in [2.05, 4.69) is 15.6 Å². The summed E-state index contributed by atoms with van der Waals surface area (Å²) >= 11 is 0. The van der Waals surface area contributed by atoms with Crippen molar-refractivity contribution < 1.29 is 14.3 Å². The molecular formula is C19H23N3O3. The minimum absolute atomic E-state index is 0.0962. The molecule has 0 saturated heterocycles. The minimum Gasteiger partial charge on any atom is -0.439 e. The predicted octanol–water partition coefficient (Wildman–Crippen LogP) is 2.80. The van der Waals surface area contributed by atoms with Crippen molar-refractivity contribution in [2.75, 3.05) is 6.54 Å². The number of pyridine rings is 1. The van der Waals surface area contributed by atoms with Crippen molar-refractivity contribution in [3.63, 3.8) is 0 Å². The molecular weight excluding hydrogens is 318 g/mol. The van der Waals surface area contributed by atoms with E-state index in [0.29, 0.717) is 19.0 Å². The number of amides is 2. The second-order valence-electron chi connectivity index (χ2n) is 5.55. The molecule has 2 rings (SSSR count). The number of para-hydroxylation sites is 1. The first-order valence-corrected chi connectivity index (χ1v) is 8.38. The first-order chi connectivity index (χ1) is 12.2. The molecule has 0 atom stereocenters. The zero-order valence-corrected chi connectivity index (χ0v) is 14.3. The van der Waals surface area contributed by atoms with Gasteiger partial charge in [0, 0.05) is 38.2 Å². The third kappa shape index (κ3) is 7.03. The maximum atomic E-state index is 11.8. The lowest BCUT2D eigenvalue weighted by Crippen LogP contribution is -2.27. The average Bonchev–Trinajstić information content (AvgIpc) is 2.65. The molecule has 2 amide bonds. The molecule has 0 aliphatic rings. The summed E-state index contributed by atoms with van der Waals surface area (Å²) in [7, 11) is 0. The second-order valence-corrected chi connectivity index (χ2v) is 5.55. The fraction of sp³-hybridized carbons (Fsp3) is 0.316. The van der Waals surface area contributed by atoms with Crippen molar-refractivity contribution >= 4 is 11.8 Å². The first-order valence-electron chi connectivity index (χ1n) is 8.38. The van der Waals surface area contributed by atoms with Gasteiger partial charge < -0.3 is 15.4 Å². The molecule has 1 aromatic heterocycles. The van der Waals surface area contributed by atoms with E-state index in [4.69, 9.17) is 4.74 Å². The van der Waals surface area contributed by atoms with Crippen LogP contribution in [-0.2, 0) is 16.1 Å². The monoisotopic (exact) mass is 341 g/mol. The summed E-state index contributed by atoms with van der Waals surface area (Å²) in [6, 6.07) is 13.0. The SMILES string of the molecule is CCCNC(=O)CCC(=O)NCc1ccc(Oc2ccccc2)nc1. The molecule has 1 aromatic carbocycles. The summed E-state index contributed by atoms with van der Waals surface area (Å²) in [5.41, 5.74) is 0.865. The minimum atomic E-state index is -0.156. The van der Waals surface area contributed by atoms with E-state index in [9.17, 15) is 9.59 Å². The lowest BCUT2D eigenvalue weighted by molar-refractivity contribution is -0.126. The van der Waals surface area contributed by atoms with Gasteiger partial charge in [0.05, 0.1) is 0 Å². The molecule has 6 nitrogen and oxygen atoms in total. The van der Waals surface area contributed by atoms with Crippen LogP contribution in [0.5, 0.6) is 11.6 Å². The Hall–Kier alpha value is -2.89. The molecule has 1 heterocycles. The van der Waals surface area contributed by atoms with Gasteiger partial charge in [-0.3, -0.25) is 9.59 Å². The van der Waals surface area contributed by atoms with Crippen molar-refractivity contribution in [3.8, 4) is 11.6 Å². The van der Waals surface area contributed by atoms with Crippen LogP contribution in [-0.4, -0.2) is 23.3 Å². The number of carbonyl (C=O) groups is 2. The normalized spacial score (nSPS) is 10.1. The summed E-state index contributed by atoms with van der Waals surface area (Å²) in [6.45, 7) is 2.99. The molecule has 0 unspecified atom stereocenters. The van der Waals surface area contributed by atoms with E-state index >= 15 is 0 Å². The maximum Gasteiger partial charge on any atom is 0.220 e. The van der Waals surface area contributed by atoms with Gasteiger partial charge in [0.1, 0.15) is 5.75 Å². The zero-order valence-electron chi connectivity index (χ0n) is 14.3. The quantitative estimate of drug-likeness (QED) is 0.735. The molecule has 0 spiro atoms. The first kappa shape index (κ1) is 18.4. The number of rotatable bonds is 9. The van der Waals surface area contributed by atoms with Crippen LogP contribution in [0.1, 0.15) is 31.7 Å². The third-order valence-corrected chi connectivity index (χ3v) is 3.40. The summed E-state index contributed by atoms with van der Waals surface area (Å²) < 4.78 is 5.61. The molecule has 0 aliphatic carbocycles. The van der Waals surface area contributed by atoms with Gasteiger partial charge in [0.15, 0.2) is 0 Å². The predicted molar refractivity (Wildman–Crippen MR) is 95.1 cm³/mol. The molecule has 0 radical (unpaired) electrons. The van der Waals surface area contributed by atoms with Crippen LogP contribution >= 0.6 is 0 Å². The number of aromatic nitrogens is 1. The van der Waals surface area contributed by atoms with Crippen LogP contribution in [0.25, 0.3) is 0 Å². The smallest absolute Gasteiger partial charge is 0.220 e. The fourth-order valence-corrected chi connectivity index (χ4v) is 2.05. The zero-order chi connectivity index (χ0) is 17.9. The molecule has 132 valence electrons. The number of carbonyl (C=O) groups excluding carboxylic acids is 2. The molecule has 0 bridgehead atoms. The van der Waals surface area contributed by atoms with E-state index < -0.39 is 0 Å². The molecule has 0 fully saturated rings. The second kappa shape index (κ2) is 10.1. The van der Waals surface area contributed by atoms with Crippen molar-refractivity contribution in [3.05, 3.63) is 54.2 Å². The van der Waals surface area contributed by atoms with Gasteiger partial charge in [0.25, 0.3) is 0 Å². The van der Waals surface area contributed by atoms with Crippen LogP contribution in [0.15, 0.2) is 48.7 Å². The Morgan fingerprint density at radius 2 is 1.72 bits per heavy atom. The number of nitrogens with one attached hydrogen (secondary N) is 2. The van der Waals surface area contributed by atoms with Gasteiger partial charge in [-0.25, -0.2) is 4.98 Å². The Morgan fingerprint density at radius 3 is 2.36 bits per heavy atom. The van der Waals surface area contributed by atoms with Crippen LogP contribution in [0.2, 0.25) is 0 Å². The highest BCUT2D eigenvalue weighted by Gasteiger charge is 2.06. The largest absolute Gasteiger partial charge is 0.439 e. The highest BCUT2D eigenvalue weighted by atomic mass is 16.5. The lowest BCUT2D eigenvalue weighted by Gasteiger charge is -2.07. The van der Waals surface area contributed by atoms with Gasteiger partial charge in [-0.15, -0.1) is 0 Å². The fourth-order valence-electron chi connectivity index (χ4n) is 2.05. The number of nitrogens with zero attached hydrogens (tertiary/aromatic N) is 1.